The van der Waals surface area contributed by atoms with Gasteiger partial charge in [-0.1, -0.05) is 6.07 Å². The largest absolute Gasteiger partial charge is 0.595 e. The molecule has 0 saturated carbocycles. The molecule has 0 aliphatic rings. The lowest BCUT2D eigenvalue weighted by atomic mass is 10.1. The van der Waals surface area contributed by atoms with Gasteiger partial charge in [-0.3, -0.25) is 4.21 Å². The van der Waals surface area contributed by atoms with E-state index in [9.17, 15) is 19.4 Å². The summed E-state index contributed by atoms with van der Waals surface area (Å²) in [5.74, 6) is -0.605. The van der Waals surface area contributed by atoms with E-state index in [2.05, 4.69) is 0 Å². The van der Waals surface area contributed by atoms with Gasteiger partial charge in [0.1, 0.15) is 5.75 Å². The number of carboxylic acids is 1. The van der Waals surface area contributed by atoms with Crippen molar-refractivity contribution in [1.82, 2.24) is 0 Å². The van der Waals surface area contributed by atoms with Gasteiger partial charge in [-0.2, -0.15) is 5.23 Å². The molecule has 0 saturated heterocycles. The first-order valence-corrected chi connectivity index (χ1v) is 7.86. The standard InChI is InChI=1S/C15H15NO6S/c1-22-12-4-6-13(7-5-12)23(21)9-11-3-2-10(15(17)18)8-14(11)16(19)20/h2-8,16,19H,9H2,1H3,(H,17,18). The van der Waals surface area contributed by atoms with Crippen LogP contribution in [-0.4, -0.2) is 27.6 Å². The molecule has 2 rings (SSSR count). The van der Waals surface area contributed by atoms with Crippen LogP contribution in [0, 0.1) is 5.21 Å². The van der Waals surface area contributed by atoms with Gasteiger partial charge < -0.3 is 15.1 Å². The van der Waals surface area contributed by atoms with E-state index in [0.29, 0.717) is 16.2 Å². The summed E-state index contributed by atoms with van der Waals surface area (Å²) in [6.45, 7) is 0. The van der Waals surface area contributed by atoms with E-state index >= 15 is 0 Å². The Balaban J connectivity index is 2.27. The average Bonchev–Trinajstić information content (AvgIpc) is 2.54. The normalized spacial score (nSPS) is 13.3. The summed E-state index contributed by atoms with van der Waals surface area (Å²) < 4.78 is 17.4. The number of carbonyl (C=O) groups is 1. The Morgan fingerprint density at radius 2 is 1.91 bits per heavy atom. The second-order valence-corrected chi connectivity index (χ2v) is 6.10. The number of hydrogen-bond donors (Lipinski definition) is 3. The van der Waals surface area contributed by atoms with Crippen LogP contribution < -0.4 is 9.96 Å². The quantitative estimate of drug-likeness (QED) is 0.681. The molecule has 2 aromatic carbocycles. The first kappa shape index (κ1) is 17.1. The maximum atomic E-state index is 12.4. The van der Waals surface area contributed by atoms with Crippen molar-refractivity contribution in [2.75, 3.05) is 7.11 Å². The van der Waals surface area contributed by atoms with Crippen molar-refractivity contribution in [3.05, 3.63) is 58.8 Å². The van der Waals surface area contributed by atoms with Gasteiger partial charge in [0.25, 0.3) is 0 Å². The summed E-state index contributed by atoms with van der Waals surface area (Å²) in [7, 11) is 0.0678. The van der Waals surface area contributed by atoms with Gasteiger partial charge in [-0.15, -0.1) is 0 Å². The Bertz CT molecular complexity index is 729. The molecule has 122 valence electrons. The van der Waals surface area contributed by atoms with Crippen molar-refractivity contribution in [3.63, 3.8) is 0 Å². The predicted molar refractivity (Wildman–Crippen MR) is 82.3 cm³/mol. The van der Waals surface area contributed by atoms with Crippen LogP contribution in [0.25, 0.3) is 0 Å². The van der Waals surface area contributed by atoms with Gasteiger partial charge in [-0.05, 0) is 30.3 Å². The summed E-state index contributed by atoms with van der Waals surface area (Å²) >= 11 is 0. The fourth-order valence-corrected chi connectivity index (χ4v) is 3.13. The van der Waals surface area contributed by atoms with Crippen molar-refractivity contribution >= 4 is 22.5 Å². The minimum absolute atomic E-state index is 0.0200. The zero-order valence-corrected chi connectivity index (χ0v) is 13.0. The number of carboxylic acid groups (broad SMARTS) is 1. The molecule has 0 spiro atoms. The predicted octanol–water partition coefficient (Wildman–Crippen LogP) is 1.10. The summed E-state index contributed by atoms with van der Waals surface area (Å²) in [4.78, 5) is 11.5. The molecule has 0 amide bonds. The molecule has 0 heterocycles. The van der Waals surface area contributed by atoms with Crippen molar-refractivity contribution in [1.29, 1.82) is 0 Å². The SMILES string of the molecule is COc1ccc(S(=O)Cc2ccc(C(=O)O)cc2[NH+]([O-])O)cc1. The summed E-state index contributed by atoms with van der Waals surface area (Å²) in [6.07, 6.45) is 0. The highest BCUT2D eigenvalue weighted by Gasteiger charge is 2.16. The van der Waals surface area contributed by atoms with Gasteiger partial charge in [0.15, 0.2) is 5.69 Å². The molecular weight excluding hydrogens is 322 g/mol. The van der Waals surface area contributed by atoms with Crippen LogP contribution in [0.4, 0.5) is 5.69 Å². The average molecular weight is 337 g/mol. The van der Waals surface area contributed by atoms with Gasteiger partial charge in [0.2, 0.25) is 0 Å². The third-order valence-electron chi connectivity index (χ3n) is 3.20. The number of quaternary nitrogens is 1. The second kappa shape index (κ2) is 7.34. The molecular formula is C15H15NO6S. The van der Waals surface area contributed by atoms with Crippen molar-refractivity contribution < 1.29 is 29.3 Å². The van der Waals surface area contributed by atoms with Gasteiger partial charge in [0.05, 0.1) is 29.2 Å². The fourth-order valence-electron chi connectivity index (χ4n) is 1.99. The number of ether oxygens (including phenoxy) is 1. The lowest BCUT2D eigenvalue weighted by Gasteiger charge is -2.16. The molecule has 2 unspecified atom stereocenters. The van der Waals surface area contributed by atoms with Crippen molar-refractivity contribution in [2.24, 2.45) is 0 Å². The second-order valence-electron chi connectivity index (χ2n) is 4.65. The highest BCUT2D eigenvalue weighted by molar-refractivity contribution is 7.84. The summed E-state index contributed by atoms with van der Waals surface area (Å²) in [5.41, 5.74) is 0.0322. The van der Waals surface area contributed by atoms with Crippen LogP contribution >= 0.6 is 0 Å². The number of rotatable bonds is 6. The third-order valence-corrected chi connectivity index (χ3v) is 4.57. The lowest BCUT2D eigenvalue weighted by molar-refractivity contribution is -0.991. The highest BCUT2D eigenvalue weighted by Crippen LogP contribution is 2.21. The number of methoxy groups -OCH3 is 1. The number of benzene rings is 2. The zero-order chi connectivity index (χ0) is 17.0. The van der Waals surface area contributed by atoms with Crippen LogP contribution in [0.1, 0.15) is 15.9 Å². The minimum Gasteiger partial charge on any atom is -0.595 e. The van der Waals surface area contributed by atoms with Gasteiger partial charge in [-0.25, -0.2) is 10.0 Å². The molecule has 0 fully saturated rings. The van der Waals surface area contributed by atoms with E-state index in [1.807, 2.05) is 0 Å². The monoisotopic (exact) mass is 337 g/mol. The van der Waals surface area contributed by atoms with E-state index in [0.717, 1.165) is 6.07 Å². The molecule has 2 atom stereocenters. The summed E-state index contributed by atoms with van der Waals surface area (Å²) in [6, 6.07) is 10.4. The topological polar surface area (TPSA) is 111 Å². The van der Waals surface area contributed by atoms with Crippen molar-refractivity contribution in [2.45, 2.75) is 10.6 Å². The fraction of sp³-hybridized carbons (Fsp3) is 0.133. The van der Waals surface area contributed by atoms with E-state index < -0.39 is 22.0 Å². The number of nitrogens with one attached hydrogen (secondary N) is 1. The Kier molecular flexibility index (Phi) is 5.45. The molecule has 0 aliphatic carbocycles. The van der Waals surface area contributed by atoms with E-state index in [4.69, 9.17) is 9.84 Å². The molecule has 0 aliphatic heterocycles. The third kappa shape index (κ3) is 4.14. The molecule has 0 bridgehead atoms. The van der Waals surface area contributed by atoms with E-state index in [1.54, 1.807) is 24.3 Å². The molecule has 2 aromatic rings. The van der Waals surface area contributed by atoms with Crippen LogP contribution in [0.15, 0.2) is 47.4 Å². The molecule has 3 N–H and O–H groups in total. The van der Waals surface area contributed by atoms with E-state index in [-0.39, 0.29) is 17.0 Å². The first-order valence-electron chi connectivity index (χ1n) is 6.54. The maximum Gasteiger partial charge on any atom is 0.335 e. The highest BCUT2D eigenvalue weighted by atomic mass is 32.2. The van der Waals surface area contributed by atoms with E-state index in [1.165, 1.54) is 19.2 Å². The lowest BCUT2D eigenvalue weighted by Crippen LogP contribution is -2.99. The minimum atomic E-state index is -1.46. The smallest absolute Gasteiger partial charge is 0.335 e. The summed E-state index contributed by atoms with van der Waals surface area (Å²) in [5, 5.41) is 28.2. The van der Waals surface area contributed by atoms with Crippen LogP contribution in [0.2, 0.25) is 0 Å². The Hall–Kier alpha value is -2.26. The van der Waals surface area contributed by atoms with Crippen LogP contribution in [0.3, 0.4) is 0 Å². The van der Waals surface area contributed by atoms with Gasteiger partial charge >= 0.3 is 5.97 Å². The van der Waals surface area contributed by atoms with Crippen molar-refractivity contribution in [3.8, 4) is 5.75 Å². The molecule has 0 radical (unpaired) electrons. The molecule has 8 heteroatoms. The Morgan fingerprint density at radius 3 is 2.43 bits per heavy atom. The maximum absolute atomic E-state index is 12.4. The number of hydrogen-bond acceptors (Lipinski definition) is 5. The molecule has 7 nitrogen and oxygen atoms in total. The molecule has 0 aromatic heterocycles. The first-order chi connectivity index (χ1) is 10.9. The zero-order valence-electron chi connectivity index (χ0n) is 12.2. The molecule has 23 heavy (non-hydrogen) atoms. The number of aromatic carboxylic acids is 1. The Morgan fingerprint density at radius 1 is 1.26 bits per heavy atom. The Labute approximate surface area is 134 Å². The van der Waals surface area contributed by atoms with Crippen LogP contribution in [-0.2, 0) is 16.6 Å². The van der Waals surface area contributed by atoms with Crippen LogP contribution in [0.5, 0.6) is 5.75 Å². The van der Waals surface area contributed by atoms with Gasteiger partial charge in [0, 0.05) is 16.5 Å².